The summed E-state index contributed by atoms with van der Waals surface area (Å²) in [5.74, 6) is 0.137. The van der Waals surface area contributed by atoms with Crippen molar-refractivity contribution >= 4 is 40.4 Å². The average Bonchev–Trinajstić information content (AvgIpc) is 3.10. The number of hydrogen-bond acceptors (Lipinski definition) is 6. The summed E-state index contributed by atoms with van der Waals surface area (Å²) in [4.78, 5) is 19.0. The van der Waals surface area contributed by atoms with E-state index in [1.54, 1.807) is 17.2 Å². The molecule has 0 spiro atoms. The molecule has 1 aromatic heterocycles. The van der Waals surface area contributed by atoms with E-state index in [4.69, 9.17) is 16.3 Å². The van der Waals surface area contributed by atoms with Crippen LogP contribution < -0.4 is 10.6 Å². The minimum absolute atomic E-state index is 0.248. The minimum atomic E-state index is -0.480. The number of ether oxygens (including phenoxy) is 1. The van der Waals surface area contributed by atoms with Gasteiger partial charge in [0.2, 0.25) is 0 Å². The largest absolute Gasteiger partial charge is 0.444 e. The Morgan fingerprint density at radius 3 is 2.67 bits per heavy atom. The summed E-state index contributed by atoms with van der Waals surface area (Å²) in [6, 6.07) is 4.67. The van der Waals surface area contributed by atoms with E-state index in [0.29, 0.717) is 35.7 Å². The molecule has 9 heteroatoms. The maximum absolute atomic E-state index is 13.8. The predicted molar refractivity (Wildman–Crippen MR) is 120 cm³/mol. The second-order valence-corrected chi connectivity index (χ2v) is 10.1. The molecule has 0 unspecified atom stereocenters. The summed E-state index contributed by atoms with van der Waals surface area (Å²) in [5.41, 5.74) is 1.07. The maximum Gasteiger partial charge on any atom is 0.410 e. The molecule has 0 radical (unpaired) electrons. The van der Waals surface area contributed by atoms with E-state index in [-0.39, 0.29) is 11.9 Å². The zero-order valence-corrected chi connectivity index (χ0v) is 19.1. The summed E-state index contributed by atoms with van der Waals surface area (Å²) >= 11 is 7.26. The second-order valence-electron chi connectivity index (χ2n) is 8.41. The SMILES string of the molecule is CC(C)(C)OC(=O)N1CCC(CNc2ccc(F)cc2NCc2cnc(Cl)s2)CC1. The predicted octanol–water partition coefficient (Wildman–Crippen LogP) is 5.61. The number of nitrogens with one attached hydrogen (secondary N) is 2. The lowest BCUT2D eigenvalue weighted by Crippen LogP contribution is -2.42. The summed E-state index contributed by atoms with van der Waals surface area (Å²) in [6.45, 7) is 8.27. The number of piperidine rings is 1. The first-order valence-corrected chi connectivity index (χ1v) is 11.2. The van der Waals surface area contributed by atoms with Gasteiger partial charge in [-0.25, -0.2) is 14.2 Å². The lowest BCUT2D eigenvalue weighted by atomic mass is 9.97. The molecule has 1 amide bonds. The lowest BCUT2D eigenvalue weighted by molar-refractivity contribution is 0.0188. The topological polar surface area (TPSA) is 66.5 Å². The molecule has 0 saturated carbocycles. The maximum atomic E-state index is 13.8. The first-order chi connectivity index (χ1) is 14.2. The fraction of sp³-hybridized carbons (Fsp3) is 0.524. The highest BCUT2D eigenvalue weighted by atomic mass is 35.5. The van der Waals surface area contributed by atoms with Gasteiger partial charge in [-0.3, -0.25) is 0 Å². The van der Waals surface area contributed by atoms with Gasteiger partial charge in [0.1, 0.15) is 11.4 Å². The third-order valence-electron chi connectivity index (χ3n) is 4.81. The monoisotopic (exact) mass is 454 g/mol. The Balaban J connectivity index is 1.50. The molecular formula is C21H28ClFN4O2S. The molecule has 6 nitrogen and oxygen atoms in total. The van der Waals surface area contributed by atoms with Crippen molar-refractivity contribution < 1.29 is 13.9 Å². The van der Waals surface area contributed by atoms with Crippen molar-refractivity contribution in [2.45, 2.75) is 45.8 Å². The number of thiazole rings is 1. The Morgan fingerprint density at radius 1 is 1.30 bits per heavy atom. The van der Waals surface area contributed by atoms with Crippen LogP contribution in [0, 0.1) is 11.7 Å². The van der Waals surface area contributed by atoms with Crippen molar-refractivity contribution in [1.82, 2.24) is 9.88 Å². The Labute approximate surface area is 185 Å². The molecule has 2 heterocycles. The van der Waals surface area contributed by atoms with Crippen LogP contribution in [0.15, 0.2) is 24.4 Å². The third-order valence-corrected chi connectivity index (χ3v) is 5.92. The molecule has 2 N–H and O–H groups in total. The van der Waals surface area contributed by atoms with Crippen LogP contribution >= 0.6 is 22.9 Å². The van der Waals surface area contributed by atoms with E-state index in [9.17, 15) is 9.18 Å². The number of carbonyl (C=O) groups is 1. The van der Waals surface area contributed by atoms with E-state index in [1.165, 1.54) is 23.5 Å². The van der Waals surface area contributed by atoms with Gasteiger partial charge >= 0.3 is 6.09 Å². The number of anilines is 2. The number of carbonyl (C=O) groups excluding carboxylic acids is 1. The molecule has 1 aliphatic heterocycles. The Hall–Kier alpha value is -2.06. The summed E-state index contributed by atoms with van der Waals surface area (Å²) in [7, 11) is 0. The van der Waals surface area contributed by atoms with Gasteiger partial charge in [0.05, 0.1) is 17.9 Å². The number of hydrogen-bond donors (Lipinski definition) is 2. The van der Waals surface area contributed by atoms with Gasteiger partial charge in [-0.15, -0.1) is 11.3 Å². The first-order valence-electron chi connectivity index (χ1n) is 10.0. The zero-order chi connectivity index (χ0) is 21.7. The Morgan fingerprint density at radius 2 is 2.03 bits per heavy atom. The molecule has 30 heavy (non-hydrogen) atoms. The number of likely N-dealkylation sites (tertiary alicyclic amines) is 1. The normalized spacial score (nSPS) is 15.2. The molecule has 2 aromatic rings. The van der Waals surface area contributed by atoms with Crippen LogP contribution in [0.1, 0.15) is 38.5 Å². The van der Waals surface area contributed by atoms with E-state index in [1.807, 2.05) is 20.8 Å². The lowest BCUT2D eigenvalue weighted by Gasteiger charge is -2.33. The van der Waals surface area contributed by atoms with Crippen molar-refractivity contribution in [2.75, 3.05) is 30.3 Å². The number of halogens is 2. The third kappa shape index (κ3) is 6.74. The van der Waals surface area contributed by atoms with Crippen LogP contribution in [0.5, 0.6) is 0 Å². The molecule has 164 valence electrons. The van der Waals surface area contributed by atoms with E-state index in [0.717, 1.165) is 30.0 Å². The first kappa shape index (κ1) is 22.6. The molecular weight excluding hydrogens is 427 g/mol. The number of amides is 1. The van der Waals surface area contributed by atoms with Gasteiger partial charge in [0.25, 0.3) is 0 Å². The fourth-order valence-corrected chi connectivity index (χ4v) is 4.18. The number of rotatable bonds is 6. The summed E-state index contributed by atoms with van der Waals surface area (Å²) in [5, 5.41) is 6.69. The molecule has 3 rings (SSSR count). The van der Waals surface area contributed by atoms with Gasteiger partial charge in [-0.1, -0.05) is 11.6 Å². The average molecular weight is 455 g/mol. The molecule has 1 aromatic carbocycles. The van der Waals surface area contributed by atoms with Crippen molar-refractivity contribution in [1.29, 1.82) is 0 Å². The molecule has 1 fully saturated rings. The van der Waals surface area contributed by atoms with Gasteiger partial charge in [0, 0.05) is 30.7 Å². The van der Waals surface area contributed by atoms with Crippen molar-refractivity contribution in [3.8, 4) is 0 Å². The fourth-order valence-electron chi connectivity index (χ4n) is 3.27. The van der Waals surface area contributed by atoms with E-state index < -0.39 is 5.60 Å². The van der Waals surface area contributed by atoms with Crippen molar-refractivity contribution in [3.05, 3.63) is 39.6 Å². The number of benzene rings is 1. The van der Waals surface area contributed by atoms with Crippen LogP contribution in [0.25, 0.3) is 0 Å². The number of nitrogens with zero attached hydrogens (tertiary/aromatic N) is 2. The Bertz CT molecular complexity index is 863. The quantitative estimate of drug-likeness (QED) is 0.594. The molecule has 0 bridgehead atoms. The standard InChI is InChI=1S/C21H28ClFN4O2S/c1-21(2,3)29-20(28)27-8-6-14(7-9-27)11-24-17-5-4-15(23)10-18(17)25-12-16-13-26-19(22)30-16/h4-5,10,13-14,24-25H,6-9,11-12H2,1-3H3. The van der Waals surface area contributed by atoms with Gasteiger partial charge < -0.3 is 20.3 Å². The highest BCUT2D eigenvalue weighted by Gasteiger charge is 2.26. The Kier molecular flexibility index (Phi) is 7.41. The van der Waals surface area contributed by atoms with Gasteiger partial charge in [-0.05, 0) is 57.7 Å². The van der Waals surface area contributed by atoms with Gasteiger partial charge in [0.15, 0.2) is 4.47 Å². The minimum Gasteiger partial charge on any atom is -0.444 e. The van der Waals surface area contributed by atoms with Crippen LogP contribution in [0.3, 0.4) is 0 Å². The van der Waals surface area contributed by atoms with Crippen LogP contribution in [0.2, 0.25) is 4.47 Å². The number of aromatic nitrogens is 1. The highest BCUT2D eigenvalue weighted by molar-refractivity contribution is 7.15. The van der Waals surface area contributed by atoms with E-state index in [2.05, 4.69) is 15.6 Å². The van der Waals surface area contributed by atoms with Crippen LogP contribution in [-0.2, 0) is 11.3 Å². The van der Waals surface area contributed by atoms with Crippen LogP contribution in [-0.4, -0.2) is 41.2 Å². The van der Waals surface area contributed by atoms with E-state index >= 15 is 0 Å². The second kappa shape index (κ2) is 9.83. The molecule has 0 aliphatic carbocycles. The zero-order valence-electron chi connectivity index (χ0n) is 17.5. The molecule has 1 saturated heterocycles. The smallest absolute Gasteiger partial charge is 0.410 e. The highest BCUT2D eigenvalue weighted by Crippen LogP contribution is 2.27. The van der Waals surface area contributed by atoms with Crippen molar-refractivity contribution in [3.63, 3.8) is 0 Å². The summed E-state index contributed by atoms with van der Waals surface area (Å²) < 4.78 is 19.7. The van der Waals surface area contributed by atoms with Crippen LogP contribution in [0.4, 0.5) is 20.6 Å². The summed E-state index contributed by atoms with van der Waals surface area (Å²) in [6.07, 6.45) is 3.26. The molecule has 1 aliphatic rings. The molecule has 0 atom stereocenters. The van der Waals surface area contributed by atoms with Gasteiger partial charge in [-0.2, -0.15) is 0 Å². The van der Waals surface area contributed by atoms with Crippen molar-refractivity contribution in [2.24, 2.45) is 5.92 Å².